The first-order valence-corrected chi connectivity index (χ1v) is 5.72. The van der Waals surface area contributed by atoms with Gasteiger partial charge in [0.15, 0.2) is 16.3 Å². The van der Waals surface area contributed by atoms with Crippen LogP contribution in [0.3, 0.4) is 0 Å². The van der Waals surface area contributed by atoms with Gasteiger partial charge in [0.2, 0.25) is 0 Å². The fourth-order valence-corrected chi connectivity index (χ4v) is 2.09. The van der Waals surface area contributed by atoms with E-state index in [-0.39, 0.29) is 5.56 Å². The molecule has 0 spiro atoms. The third kappa shape index (κ3) is 1.36. The lowest BCUT2D eigenvalue weighted by molar-refractivity contribution is 0.756. The van der Waals surface area contributed by atoms with Crippen LogP contribution in [0.15, 0.2) is 9.95 Å². The van der Waals surface area contributed by atoms with Crippen molar-refractivity contribution in [3.8, 4) is 0 Å². The fraction of sp³-hybridized carbons (Fsp3) is 0.444. The predicted octanol–water partition coefficient (Wildman–Crippen LogP) is 0.697. The first kappa shape index (κ1) is 10.2. The molecule has 0 N–H and O–H groups in total. The van der Waals surface area contributed by atoms with Crippen molar-refractivity contribution in [1.82, 2.24) is 19.1 Å². The van der Waals surface area contributed by atoms with Crippen molar-refractivity contribution in [1.29, 1.82) is 0 Å². The minimum atomic E-state index is -0.212. The fourth-order valence-electron chi connectivity index (χ4n) is 1.55. The molecule has 0 radical (unpaired) electrons. The van der Waals surface area contributed by atoms with Gasteiger partial charge in [-0.05, 0) is 13.2 Å². The van der Waals surface area contributed by atoms with E-state index in [9.17, 15) is 4.79 Å². The smallest absolute Gasteiger partial charge is 0.299 e. The monoisotopic (exact) mass is 224 g/mol. The van der Waals surface area contributed by atoms with E-state index in [1.807, 2.05) is 31.8 Å². The molecule has 0 fully saturated rings. The number of imidazole rings is 1. The van der Waals surface area contributed by atoms with Crippen molar-refractivity contribution >= 4 is 22.9 Å². The molecule has 0 saturated carbocycles. The van der Waals surface area contributed by atoms with E-state index in [1.54, 1.807) is 4.57 Å². The average Bonchev–Trinajstić information content (AvgIpc) is 2.50. The van der Waals surface area contributed by atoms with E-state index in [1.165, 1.54) is 11.8 Å². The Morgan fingerprint density at radius 3 is 2.47 bits per heavy atom. The normalized spacial score (nSPS) is 11.2. The van der Waals surface area contributed by atoms with Crippen molar-refractivity contribution in [3.63, 3.8) is 0 Å². The van der Waals surface area contributed by atoms with Gasteiger partial charge in [0.25, 0.3) is 5.56 Å². The summed E-state index contributed by atoms with van der Waals surface area (Å²) >= 11 is 1.44. The van der Waals surface area contributed by atoms with Crippen LogP contribution in [0.1, 0.15) is 5.82 Å². The summed E-state index contributed by atoms with van der Waals surface area (Å²) in [5.74, 6) is 0.817. The molecule has 0 saturated heterocycles. The van der Waals surface area contributed by atoms with Crippen LogP contribution in [-0.4, -0.2) is 25.4 Å². The molecule has 2 aromatic rings. The number of aromatic nitrogens is 4. The van der Waals surface area contributed by atoms with Gasteiger partial charge in [-0.3, -0.25) is 4.79 Å². The maximum Gasteiger partial charge on any atom is 0.299 e. The topological polar surface area (TPSA) is 52.7 Å². The van der Waals surface area contributed by atoms with Gasteiger partial charge in [0.1, 0.15) is 5.82 Å². The highest BCUT2D eigenvalue weighted by atomic mass is 32.2. The summed E-state index contributed by atoms with van der Waals surface area (Å²) in [7, 11) is 3.69. The first-order valence-electron chi connectivity index (χ1n) is 4.50. The van der Waals surface area contributed by atoms with Crippen molar-refractivity contribution in [3.05, 3.63) is 16.2 Å². The van der Waals surface area contributed by atoms with Gasteiger partial charge in [0, 0.05) is 14.1 Å². The Kier molecular flexibility index (Phi) is 2.30. The van der Waals surface area contributed by atoms with E-state index in [0.29, 0.717) is 16.3 Å². The van der Waals surface area contributed by atoms with Crippen LogP contribution in [-0.2, 0) is 14.1 Å². The number of hydrogen-bond acceptors (Lipinski definition) is 4. The van der Waals surface area contributed by atoms with Gasteiger partial charge in [-0.25, -0.2) is 4.98 Å². The van der Waals surface area contributed by atoms with Gasteiger partial charge < -0.3 is 9.13 Å². The van der Waals surface area contributed by atoms with E-state index in [0.717, 1.165) is 5.82 Å². The lowest BCUT2D eigenvalue weighted by Crippen LogP contribution is -2.15. The summed E-state index contributed by atoms with van der Waals surface area (Å²) in [6.07, 6.45) is 1.89. The van der Waals surface area contributed by atoms with Crippen LogP contribution < -0.4 is 5.56 Å². The zero-order valence-electron chi connectivity index (χ0n) is 9.11. The lowest BCUT2D eigenvalue weighted by atomic mass is 10.5. The Labute approximate surface area is 91.1 Å². The molecule has 0 aliphatic heterocycles. The SMILES string of the molecule is CSc1nc(=O)c2c(nc(C)n2C)n1C. The Balaban J connectivity index is 3.00. The highest BCUT2D eigenvalue weighted by molar-refractivity contribution is 7.98. The van der Waals surface area contributed by atoms with Crippen molar-refractivity contribution < 1.29 is 0 Å². The molecule has 2 aromatic heterocycles. The molecule has 5 nitrogen and oxygen atoms in total. The molecular formula is C9H12N4OS. The van der Waals surface area contributed by atoms with Crippen LogP contribution in [0.25, 0.3) is 11.2 Å². The second-order valence-electron chi connectivity index (χ2n) is 3.35. The van der Waals surface area contributed by atoms with E-state index in [2.05, 4.69) is 9.97 Å². The van der Waals surface area contributed by atoms with Crippen molar-refractivity contribution in [2.45, 2.75) is 12.1 Å². The first-order chi connectivity index (χ1) is 7.06. The van der Waals surface area contributed by atoms with Gasteiger partial charge in [-0.2, -0.15) is 4.98 Å². The molecule has 0 aliphatic rings. The Bertz CT molecular complexity index is 584. The Morgan fingerprint density at radius 2 is 1.87 bits per heavy atom. The summed E-state index contributed by atoms with van der Waals surface area (Å²) in [5, 5.41) is 0.686. The summed E-state index contributed by atoms with van der Waals surface area (Å²) in [5.41, 5.74) is 1.04. The quantitative estimate of drug-likeness (QED) is 0.528. The maximum absolute atomic E-state index is 11.7. The standard InChI is InChI=1S/C9H12N4OS/c1-5-10-7-6(12(5)2)8(14)11-9(15-4)13(7)3/h1-4H3. The van der Waals surface area contributed by atoms with Gasteiger partial charge in [-0.1, -0.05) is 11.8 Å². The third-order valence-electron chi connectivity index (χ3n) is 2.49. The number of thioether (sulfide) groups is 1. The van der Waals surface area contributed by atoms with Crippen LogP contribution in [0.5, 0.6) is 0 Å². The second kappa shape index (κ2) is 3.37. The number of nitrogens with zero attached hydrogens (tertiary/aromatic N) is 4. The van der Waals surface area contributed by atoms with Gasteiger partial charge in [0.05, 0.1) is 0 Å². The highest BCUT2D eigenvalue weighted by Crippen LogP contribution is 2.15. The van der Waals surface area contributed by atoms with Gasteiger partial charge in [-0.15, -0.1) is 0 Å². The van der Waals surface area contributed by atoms with E-state index >= 15 is 0 Å². The lowest BCUT2D eigenvalue weighted by Gasteiger charge is -2.04. The molecule has 0 aromatic carbocycles. The zero-order chi connectivity index (χ0) is 11.2. The number of hydrogen-bond donors (Lipinski definition) is 0. The molecule has 15 heavy (non-hydrogen) atoms. The maximum atomic E-state index is 11.7. The molecule has 0 bridgehead atoms. The highest BCUT2D eigenvalue weighted by Gasteiger charge is 2.13. The molecule has 0 aliphatic carbocycles. The summed E-state index contributed by atoms with van der Waals surface area (Å²) in [6, 6.07) is 0. The van der Waals surface area contributed by atoms with Crippen molar-refractivity contribution in [2.24, 2.45) is 14.1 Å². The zero-order valence-corrected chi connectivity index (χ0v) is 9.92. The second-order valence-corrected chi connectivity index (χ2v) is 4.13. The predicted molar refractivity (Wildman–Crippen MR) is 60.3 cm³/mol. The molecule has 0 atom stereocenters. The third-order valence-corrected chi connectivity index (χ3v) is 3.22. The van der Waals surface area contributed by atoms with E-state index in [4.69, 9.17) is 0 Å². The molecule has 2 heterocycles. The Morgan fingerprint density at radius 1 is 1.20 bits per heavy atom. The van der Waals surface area contributed by atoms with Crippen LogP contribution >= 0.6 is 11.8 Å². The van der Waals surface area contributed by atoms with Crippen LogP contribution in [0.2, 0.25) is 0 Å². The Hall–Kier alpha value is -1.30. The van der Waals surface area contributed by atoms with Gasteiger partial charge >= 0.3 is 0 Å². The molecule has 6 heteroatoms. The number of rotatable bonds is 1. The molecule has 80 valence electrons. The molecule has 0 amide bonds. The van der Waals surface area contributed by atoms with Crippen LogP contribution in [0.4, 0.5) is 0 Å². The minimum Gasteiger partial charge on any atom is -0.325 e. The minimum absolute atomic E-state index is 0.212. The largest absolute Gasteiger partial charge is 0.325 e. The molecule has 2 rings (SSSR count). The summed E-state index contributed by atoms with van der Waals surface area (Å²) in [4.78, 5) is 20.1. The summed E-state index contributed by atoms with van der Waals surface area (Å²) < 4.78 is 3.61. The summed E-state index contributed by atoms with van der Waals surface area (Å²) in [6.45, 7) is 1.87. The molecule has 0 unspecified atom stereocenters. The van der Waals surface area contributed by atoms with E-state index < -0.39 is 0 Å². The number of fused-ring (bicyclic) bond motifs is 1. The van der Waals surface area contributed by atoms with Crippen LogP contribution in [0, 0.1) is 6.92 Å². The number of aryl methyl sites for hydroxylation is 3. The van der Waals surface area contributed by atoms with Crippen molar-refractivity contribution in [2.75, 3.05) is 6.26 Å². The molecular weight excluding hydrogens is 212 g/mol. The average molecular weight is 224 g/mol.